The van der Waals surface area contributed by atoms with E-state index in [0.717, 1.165) is 30.6 Å². The van der Waals surface area contributed by atoms with Crippen LogP contribution in [0.4, 0.5) is 4.79 Å². The number of amides is 3. The molecule has 152 valence electrons. The van der Waals surface area contributed by atoms with Gasteiger partial charge < -0.3 is 19.5 Å². The molecule has 9 heteroatoms. The number of ether oxygens (including phenoxy) is 3. The number of esters is 1. The number of hydrogen-bond donors (Lipinski definition) is 2. The van der Waals surface area contributed by atoms with E-state index in [9.17, 15) is 14.4 Å². The minimum Gasteiger partial charge on any atom is -0.486 e. The van der Waals surface area contributed by atoms with Crippen molar-refractivity contribution in [3.63, 3.8) is 0 Å². The summed E-state index contributed by atoms with van der Waals surface area (Å²) >= 11 is 1.27. The zero-order valence-corrected chi connectivity index (χ0v) is 16.3. The molecule has 1 saturated carbocycles. The van der Waals surface area contributed by atoms with E-state index in [1.165, 1.54) is 18.2 Å². The molecule has 8 nitrogen and oxygen atoms in total. The van der Waals surface area contributed by atoms with Crippen LogP contribution in [0, 0.1) is 0 Å². The quantitative estimate of drug-likeness (QED) is 0.550. The first kappa shape index (κ1) is 20.3. The van der Waals surface area contributed by atoms with Gasteiger partial charge in [-0.25, -0.2) is 4.79 Å². The molecule has 28 heavy (non-hydrogen) atoms. The lowest BCUT2D eigenvalue weighted by Crippen LogP contribution is -2.46. The molecule has 3 amide bonds. The molecule has 2 aliphatic rings. The second kappa shape index (κ2) is 10.2. The summed E-state index contributed by atoms with van der Waals surface area (Å²) in [6.45, 7) is 0.526. The fourth-order valence-corrected chi connectivity index (χ4v) is 3.80. The summed E-state index contributed by atoms with van der Waals surface area (Å²) < 4.78 is 15.9. The molecule has 1 aliphatic heterocycles. The molecule has 0 unspecified atom stereocenters. The molecule has 1 aromatic rings. The first-order valence-corrected chi connectivity index (χ1v) is 10.4. The Morgan fingerprint density at radius 1 is 1.07 bits per heavy atom. The maximum atomic E-state index is 11.8. The predicted molar refractivity (Wildman–Crippen MR) is 103 cm³/mol. The smallest absolute Gasteiger partial charge is 0.321 e. The van der Waals surface area contributed by atoms with Crippen molar-refractivity contribution >= 4 is 29.7 Å². The number of imide groups is 1. The van der Waals surface area contributed by atoms with E-state index in [-0.39, 0.29) is 11.8 Å². The Morgan fingerprint density at radius 2 is 1.82 bits per heavy atom. The number of carbonyl (C=O) groups is 3. The van der Waals surface area contributed by atoms with Crippen molar-refractivity contribution in [2.75, 3.05) is 25.6 Å². The van der Waals surface area contributed by atoms with Gasteiger partial charge in [0.05, 0.1) is 5.75 Å². The van der Waals surface area contributed by atoms with Gasteiger partial charge in [0.15, 0.2) is 18.1 Å². The van der Waals surface area contributed by atoms with Crippen molar-refractivity contribution < 1.29 is 28.6 Å². The van der Waals surface area contributed by atoms with Gasteiger partial charge >= 0.3 is 12.0 Å². The van der Waals surface area contributed by atoms with Crippen LogP contribution in [0.15, 0.2) is 23.1 Å². The minimum absolute atomic E-state index is 0.0429. The van der Waals surface area contributed by atoms with Crippen molar-refractivity contribution in [1.82, 2.24) is 10.6 Å². The Labute approximate surface area is 167 Å². The standard InChI is InChI=1S/C19H24N2O6S/c22-17(21-19(24)20-13-4-2-1-3-5-13)11-27-18(23)12-28-14-6-7-15-16(10-14)26-9-8-25-15/h6-7,10,13H,1-5,8-9,11-12H2,(H2,20,21,22,24). The van der Waals surface area contributed by atoms with Crippen LogP contribution in [0.3, 0.4) is 0 Å². The summed E-state index contributed by atoms with van der Waals surface area (Å²) in [4.78, 5) is 36.2. The van der Waals surface area contributed by atoms with Gasteiger partial charge in [-0.3, -0.25) is 14.9 Å². The molecule has 1 fully saturated rings. The van der Waals surface area contributed by atoms with Crippen molar-refractivity contribution in [2.24, 2.45) is 0 Å². The highest BCUT2D eigenvalue weighted by Crippen LogP contribution is 2.34. The third kappa shape index (κ3) is 6.33. The van der Waals surface area contributed by atoms with Crippen LogP contribution in [0.25, 0.3) is 0 Å². The second-order valence-corrected chi connectivity index (χ2v) is 7.66. The Kier molecular flexibility index (Phi) is 7.41. The fraction of sp³-hybridized carbons (Fsp3) is 0.526. The van der Waals surface area contributed by atoms with Crippen LogP contribution in [0.5, 0.6) is 11.5 Å². The van der Waals surface area contributed by atoms with Gasteiger partial charge in [0.2, 0.25) is 0 Å². The van der Waals surface area contributed by atoms with Gasteiger partial charge in [-0.1, -0.05) is 19.3 Å². The molecular formula is C19H24N2O6S. The zero-order valence-electron chi connectivity index (χ0n) is 15.5. The number of thioether (sulfide) groups is 1. The van der Waals surface area contributed by atoms with Crippen LogP contribution in [0.2, 0.25) is 0 Å². The maximum Gasteiger partial charge on any atom is 0.321 e. The topological polar surface area (TPSA) is 103 Å². The minimum atomic E-state index is -0.647. The van der Waals surface area contributed by atoms with E-state index in [1.807, 2.05) is 6.07 Å². The number of rotatable bonds is 6. The normalized spacial score (nSPS) is 16.1. The highest BCUT2D eigenvalue weighted by molar-refractivity contribution is 8.00. The summed E-state index contributed by atoms with van der Waals surface area (Å²) in [6.07, 6.45) is 5.19. The van der Waals surface area contributed by atoms with Gasteiger partial charge in [0, 0.05) is 10.9 Å². The number of nitrogens with one attached hydrogen (secondary N) is 2. The van der Waals surface area contributed by atoms with E-state index >= 15 is 0 Å². The van der Waals surface area contributed by atoms with Gasteiger partial charge in [-0.15, -0.1) is 11.8 Å². The van der Waals surface area contributed by atoms with Crippen LogP contribution in [0.1, 0.15) is 32.1 Å². The highest BCUT2D eigenvalue weighted by atomic mass is 32.2. The average Bonchev–Trinajstić information content (AvgIpc) is 2.71. The predicted octanol–water partition coefficient (Wildman–Crippen LogP) is 2.25. The van der Waals surface area contributed by atoms with Gasteiger partial charge in [0.25, 0.3) is 5.91 Å². The molecule has 0 bridgehead atoms. The monoisotopic (exact) mass is 408 g/mol. The van der Waals surface area contributed by atoms with Crippen LogP contribution < -0.4 is 20.1 Å². The molecule has 1 aliphatic carbocycles. The molecule has 1 heterocycles. The third-order valence-corrected chi connectivity index (χ3v) is 5.40. The highest BCUT2D eigenvalue weighted by Gasteiger charge is 2.18. The first-order valence-electron chi connectivity index (χ1n) is 9.38. The van der Waals surface area contributed by atoms with Crippen LogP contribution in [-0.2, 0) is 14.3 Å². The Balaban J connectivity index is 1.33. The van der Waals surface area contributed by atoms with Crippen molar-refractivity contribution in [3.05, 3.63) is 18.2 Å². The molecule has 0 saturated heterocycles. The van der Waals surface area contributed by atoms with Gasteiger partial charge in [-0.2, -0.15) is 0 Å². The summed E-state index contributed by atoms with van der Waals surface area (Å²) in [6, 6.07) is 4.98. The lowest BCUT2D eigenvalue weighted by molar-refractivity contribution is -0.145. The van der Waals surface area contributed by atoms with Crippen LogP contribution in [-0.4, -0.2) is 49.5 Å². The average molecular weight is 408 g/mol. The Bertz CT molecular complexity index is 720. The van der Waals surface area contributed by atoms with E-state index < -0.39 is 24.5 Å². The number of hydrogen-bond acceptors (Lipinski definition) is 7. The van der Waals surface area contributed by atoms with Crippen molar-refractivity contribution in [2.45, 2.75) is 43.0 Å². The van der Waals surface area contributed by atoms with E-state index in [1.54, 1.807) is 12.1 Å². The van der Waals surface area contributed by atoms with E-state index in [4.69, 9.17) is 14.2 Å². The van der Waals surface area contributed by atoms with E-state index in [2.05, 4.69) is 10.6 Å². The molecule has 0 atom stereocenters. The molecule has 0 radical (unpaired) electrons. The summed E-state index contributed by atoms with van der Waals surface area (Å²) in [5.74, 6) is 0.185. The van der Waals surface area contributed by atoms with Gasteiger partial charge in [-0.05, 0) is 31.0 Å². The molecule has 3 rings (SSSR count). The molecule has 0 aromatic heterocycles. The van der Waals surface area contributed by atoms with E-state index in [0.29, 0.717) is 24.7 Å². The lowest BCUT2D eigenvalue weighted by atomic mass is 9.96. The maximum absolute atomic E-state index is 11.8. The molecule has 2 N–H and O–H groups in total. The summed E-state index contributed by atoms with van der Waals surface area (Å²) in [5, 5.41) is 4.96. The molecular weight excluding hydrogens is 384 g/mol. The summed E-state index contributed by atoms with van der Waals surface area (Å²) in [5.41, 5.74) is 0. The number of carbonyl (C=O) groups excluding carboxylic acids is 3. The SMILES string of the molecule is O=C(COC(=O)CSc1ccc2c(c1)OCCO2)NC(=O)NC1CCCCC1. The Hall–Kier alpha value is -2.42. The van der Waals surface area contributed by atoms with Gasteiger partial charge in [0.1, 0.15) is 13.2 Å². The summed E-state index contributed by atoms with van der Waals surface area (Å²) in [7, 11) is 0. The third-order valence-electron chi connectivity index (χ3n) is 4.43. The van der Waals surface area contributed by atoms with Crippen molar-refractivity contribution in [3.8, 4) is 11.5 Å². The molecule has 1 aromatic carbocycles. The first-order chi connectivity index (χ1) is 13.6. The van der Waals surface area contributed by atoms with Crippen LogP contribution >= 0.6 is 11.8 Å². The zero-order chi connectivity index (χ0) is 19.8. The second-order valence-electron chi connectivity index (χ2n) is 6.61. The number of urea groups is 1. The molecule has 0 spiro atoms. The number of fused-ring (bicyclic) bond motifs is 1. The van der Waals surface area contributed by atoms with Crippen molar-refractivity contribution in [1.29, 1.82) is 0 Å². The fourth-order valence-electron chi connectivity index (χ4n) is 3.07. The Morgan fingerprint density at radius 3 is 2.61 bits per heavy atom. The largest absolute Gasteiger partial charge is 0.486 e. The number of benzene rings is 1. The lowest BCUT2D eigenvalue weighted by Gasteiger charge is -2.22.